The van der Waals surface area contributed by atoms with Crippen LogP contribution in [0.4, 0.5) is 0 Å². The lowest BCUT2D eigenvalue weighted by atomic mass is 10.1. The lowest BCUT2D eigenvalue weighted by molar-refractivity contribution is -0.132. The molecule has 0 N–H and O–H groups in total. The second-order valence-corrected chi connectivity index (χ2v) is 7.01. The van der Waals surface area contributed by atoms with Gasteiger partial charge in [-0.3, -0.25) is 9.69 Å². The maximum atomic E-state index is 12.6. The van der Waals surface area contributed by atoms with Crippen molar-refractivity contribution in [1.29, 1.82) is 0 Å². The number of piperazine rings is 1. The molecule has 0 aliphatic carbocycles. The molecular formula is C19H25ClN2O3. The van der Waals surface area contributed by atoms with E-state index < -0.39 is 0 Å². The van der Waals surface area contributed by atoms with Crippen LogP contribution >= 0.6 is 11.6 Å². The highest BCUT2D eigenvalue weighted by atomic mass is 35.5. The van der Waals surface area contributed by atoms with E-state index in [0.717, 1.165) is 67.8 Å². The van der Waals surface area contributed by atoms with Gasteiger partial charge in [-0.2, -0.15) is 0 Å². The zero-order valence-corrected chi connectivity index (χ0v) is 15.6. The molecule has 1 aromatic heterocycles. The highest BCUT2D eigenvalue weighted by Crippen LogP contribution is 2.28. The summed E-state index contributed by atoms with van der Waals surface area (Å²) in [6.45, 7) is 7.16. The summed E-state index contributed by atoms with van der Waals surface area (Å²) in [5.41, 5.74) is 2.67. The molecule has 1 aliphatic heterocycles. The molecule has 0 saturated carbocycles. The maximum Gasteiger partial charge on any atom is 0.227 e. The van der Waals surface area contributed by atoms with Crippen LogP contribution in [0.25, 0.3) is 11.0 Å². The number of aryl methyl sites for hydroxylation is 1. The molecule has 2 heterocycles. The number of nitrogens with zero attached hydrogens (tertiary/aromatic N) is 2. The first-order valence-corrected chi connectivity index (χ1v) is 9.11. The molecule has 0 atom stereocenters. The lowest BCUT2D eigenvalue weighted by Crippen LogP contribution is -2.49. The Bertz CT molecular complexity index is 736. The SMILES string of the molecule is COCCCN1CCN(C(=O)Cc2coc3cc(C)c(Cl)cc23)CC1. The van der Waals surface area contributed by atoms with Gasteiger partial charge in [-0.05, 0) is 31.0 Å². The molecule has 1 aliphatic rings. The minimum atomic E-state index is 0.149. The number of methoxy groups -OCH3 is 1. The monoisotopic (exact) mass is 364 g/mol. The van der Waals surface area contributed by atoms with Crippen molar-refractivity contribution in [2.24, 2.45) is 0 Å². The molecule has 0 bridgehead atoms. The number of ether oxygens (including phenoxy) is 1. The first kappa shape index (κ1) is 18.2. The molecule has 1 amide bonds. The van der Waals surface area contributed by atoms with E-state index in [1.165, 1.54) is 0 Å². The Morgan fingerprint density at radius 3 is 2.76 bits per heavy atom. The first-order chi connectivity index (χ1) is 12.1. The summed E-state index contributed by atoms with van der Waals surface area (Å²) in [4.78, 5) is 17.0. The molecule has 1 fully saturated rings. The van der Waals surface area contributed by atoms with Crippen molar-refractivity contribution in [3.8, 4) is 0 Å². The number of hydrogen-bond acceptors (Lipinski definition) is 4. The summed E-state index contributed by atoms with van der Waals surface area (Å²) in [5, 5.41) is 1.63. The fourth-order valence-electron chi connectivity index (χ4n) is 3.27. The van der Waals surface area contributed by atoms with E-state index >= 15 is 0 Å². The highest BCUT2D eigenvalue weighted by Gasteiger charge is 2.22. The number of furan rings is 1. The normalized spacial score (nSPS) is 15.9. The summed E-state index contributed by atoms with van der Waals surface area (Å²) in [5.74, 6) is 0.149. The van der Waals surface area contributed by atoms with E-state index in [9.17, 15) is 4.79 Å². The predicted molar refractivity (Wildman–Crippen MR) is 99.2 cm³/mol. The minimum absolute atomic E-state index is 0.149. The van der Waals surface area contributed by atoms with Crippen molar-refractivity contribution < 1.29 is 13.9 Å². The Morgan fingerprint density at radius 1 is 1.28 bits per heavy atom. The third-order valence-electron chi connectivity index (χ3n) is 4.82. The summed E-state index contributed by atoms with van der Waals surface area (Å²) in [6, 6.07) is 3.82. The van der Waals surface area contributed by atoms with Crippen LogP contribution in [0.1, 0.15) is 17.5 Å². The largest absolute Gasteiger partial charge is 0.464 e. The number of hydrogen-bond donors (Lipinski definition) is 0. The van der Waals surface area contributed by atoms with E-state index in [4.69, 9.17) is 20.8 Å². The van der Waals surface area contributed by atoms with Crippen LogP contribution in [-0.4, -0.2) is 62.1 Å². The van der Waals surface area contributed by atoms with Crippen LogP contribution in [0.2, 0.25) is 5.02 Å². The average molecular weight is 365 g/mol. The highest BCUT2D eigenvalue weighted by molar-refractivity contribution is 6.32. The van der Waals surface area contributed by atoms with Gasteiger partial charge in [-0.25, -0.2) is 0 Å². The van der Waals surface area contributed by atoms with Gasteiger partial charge in [-0.1, -0.05) is 11.6 Å². The smallest absolute Gasteiger partial charge is 0.227 e. The van der Waals surface area contributed by atoms with Crippen molar-refractivity contribution in [3.63, 3.8) is 0 Å². The quantitative estimate of drug-likeness (QED) is 0.739. The number of benzene rings is 1. The molecule has 3 rings (SSSR count). The van der Waals surface area contributed by atoms with Crippen molar-refractivity contribution >= 4 is 28.5 Å². The zero-order chi connectivity index (χ0) is 17.8. The van der Waals surface area contributed by atoms with Crippen molar-refractivity contribution in [2.75, 3.05) is 46.4 Å². The molecule has 6 heteroatoms. The Morgan fingerprint density at radius 2 is 2.04 bits per heavy atom. The Kier molecular flexibility index (Phi) is 5.99. The molecule has 2 aromatic rings. The minimum Gasteiger partial charge on any atom is -0.464 e. The van der Waals surface area contributed by atoms with Crippen molar-refractivity contribution in [2.45, 2.75) is 19.8 Å². The Hall–Kier alpha value is -1.56. The predicted octanol–water partition coefficient (Wildman–Crippen LogP) is 3.12. The van der Waals surface area contributed by atoms with E-state index in [1.54, 1.807) is 13.4 Å². The van der Waals surface area contributed by atoms with E-state index in [1.807, 2.05) is 24.0 Å². The summed E-state index contributed by atoms with van der Waals surface area (Å²) in [7, 11) is 1.73. The zero-order valence-electron chi connectivity index (χ0n) is 14.9. The molecule has 0 spiro atoms. The van der Waals surface area contributed by atoms with Crippen LogP contribution in [0, 0.1) is 6.92 Å². The summed E-state index contributed by atoms with van der Waals surface area (Å²) < 4.78 is 10.7. The van der Waals surface area contributed by atoms with Crippen LogP contribution in [-0.2, 0) is 16.0 Å². The van der Waals surface area contributed by atoms with Gasteiger partial charge in [0.05, 0.1) is 12.7 Å². The molecule has 136 valence electrons. The molecule has 0 unspecified atom stereocenters. The van der Waals surface area contributed by atoms with Crippen molar-refractivity contribution in [3.05, 3.63) is 34.5 Å². The van der Waals surface area contributed by atoms with E-state index in [2.05, 4.69) is 4.90 Å². The topological polar surface area (TPSA) is 45.9 Å². The van der Waals surface area contributed by atoms with Crippen LogP contribution in [0.15, 0.2) is 22.8 Å². The Balaban J connectivity index is 1.57. The average Bonchev–Trinajstić information content (AvgIpc) is 2.98. The molecule has 1 aromatic carbocycles. The van der Waals surface area contributed by atoms with Crippen LogP contribution in [0.3, 0.4) is 0 Å². The van der Waals surface area contributed by atoms with Gasteiger partial charge in [0.15, 0.2) is 0 Å². The molecule has 25 heavy (non-hydrogen) atoms. The second-order valence-electron chi connectivity index (χ2n) is 6.60. The number of fused-ring (bicyclic) bond motifs is 1. The molecule has 0 radical (unpaired) electrons. The first-order valence-electron chi connectivity index (χ1n) is 8.74. The Labute approximate surface area is 153 Å². The summed E-state index contributed by atoms with van der Waals surface area (Å²) >= 11 is 6.22. The van der Waals surface area contributed by atoms with Gasteiger partial charge in [0.1, 0.15) is 5.58 Å². The number of halogens is 1. The van der Waals surface area contributed by atoms with Gasteiger partial charge in [0, 0.05) is 62.4 Å². The third kappa shape index (κ3) is 4.35. The summed E-state index contributed by atoms with van der Waals surface area (Å²) in [6.07, 6.45) is 3.07. The number of amides is 1. The lowest BCUT2D eigenvalue weighted by Gasteiger charge is -2.34. The second kappa shape index (κ2) is 8.21. The van der Waals surface area contributed by atoms with Gasteiger partial charge < -0.3 is 14.1 Å². The maximum absolute atomic E-state index is 12.6. The molecular weight excluding hydrogens is 340 g/mol. The third-order valence-corrected chi connectivity index (χ3v) is 5.23. The fraction of sp³-hybridized carbons (Fsp3) is 0.526. The van der Waals surface area contributed by atoms with E-state index in [-0.39, 0.29) is 5.91 Å². The van der Waals surface area contributed by atoms with E-state index in [0.29, 0.717) is 11.4 Å². The molecule has 1 saturated heterocycles. The standard InChI is InChI=1S/C19H25ClN2O3/c1-14-10-18-16(12-17(14)20)15(13-25-18)11-19(23)22-7-5-21(6-8-22)4-3-9-24-2/h10,12-13H,3-9,11H2,1-2H3. The van der Waals surface area contributed by atoms with Crippen LogP contribution in [0.5, 0.6) is 0 Å². The van der Waals surface area contributed by atoms with Gasteiger partial charge in [0.25, 0.3) is 0 Å². The number of carbonyl (C=O) groups is 1. The van der Waals surface area contributed by atoms with Gasteiger partial charge >= 0.3 is 0 Å². The number of rotatable bonds is 6. The van der Waals surface area contributed by atoms with Crippen LogP contribution < -0.4 is 0 Å². The fourth-order valence-corrected chi connectivity index (χ4v) is 3.43. The van der Waals surface area contributed by atoms with Gasteiger partial charge in [-0.15, -0.1) is 0 Å². The number of carbonyl (C=O) groups excluding carboxylic acids is 1. The van der Waals surface area contributed by atoms with Crippen molar-refractivity contribution in [1.82, 2.24) is 9.80 Å². The van der Waals surface area contributed by atoms with Gasteiger partial charge in [0.2, 0.25) is 5.91 Å². The molecule has 5 nitrogen and oxygen atoms in total.